The summed E-state index contributed by atoms with van der Waals surface area (Å²) in [5.41, 5.74) is 1.08. The maximum Gasteiger partial charge on any atom is 0.242 e. The predicted octanol–water partition coefficient (Wildman–Crippen LogP) is 0.792. The Kier molecular flexibility index (Phi) is 9.41. The van der Waals surface area contributed by atoms with Gasteiger partial charge in [-0.3, -0.25) is 9.59 Å². The monoisotopic (exact) mass is 299 g/mol. The van der Waals surface area contributed by atoms with Crippen LogP contribution >= 0.6 is 12.4 Å². The van der Waals surface area contributed by atoms with E-state index >= 15 is 0 Å². The molecule has 112 valence electrons. The van der Waals surface area contributed by atoms with E-state index in [-0.39, 0.29) is 37.3 Å². The van der Waals surface area contributed by atoms with Crippen LogP contribution in [-0.2, 0) is 16.1 Å². The molecule has 0 saturated carbocycles. The molecule has 1 aromatic rings. The summed E-state index contributed by atoms with van der Waals surface area (Å²) in [4.78, 5) is 25.0. The van der Waals surface area contributed by atoms with Gasteiger partial charge in [0.2, 0.25) is 11.8 Å². The fourth-order valence-corrected chi connectivity index (χ4v) is 1.69. The van der Waals surface area contributed by atoms with Crippen LogP contribution in [0.25, 0.3) is 0 Å². The van der Waals surface area contributed by atoms with Crippen molar-refractivity contribution in [3.63, 3.8) is 0 Å². The molecule has 0 spiro atoms. The molecular weight excluding hydrogens is 278 g/mol. The Morgan fingerprint density at radius 1 is 1.15 bits per heavy atom. The maximum absolute atomic E-state index is 12.0. The van der Waals surface area contributed by atoms with Crippen molar-refractivity contribution in [1.82, 2.24) is 15.5 Å². The van der Waals surface area contributed by atoms with Crippen LogP contribution in [0.2, 0.25) is 0 Å². The van der Waals surface area contributed by atoms with Crippen molar-refractivity contribution in [1.29, 1.82) is 0 Å². The normalized spacial score (nSPS) is 9.50. The number of likely N-dealkylation sites (N-methyl/N-ethyl adjacent to an activating group) is 2. The lowest BCUT2D eigenvalue weighted by Crippen LogP contribution is -2.42. The van der Waals surface area contributed by atoms with Crippen molar-refractivity contribution in [2.24, 2.45) is 0 Å². The Hall–Kier alpha value is -1.59. The van der Waals surface area contributed by atoms with E-state index < -0.39 is 0 Å². The fourth-order valence-electron chi connectivity index (χ4n) is 1.69. The van der Waals surface area contributed by atoms with Crippen LogP contribution < -0.4 is 10.6 Å². The van der Waals surface area contributed by atoms with Gasteiger partial charge in [-0.1, -0.05) is 30.3 Å². The first-order valence-corrected chi connectivity index (χ1v) is 6.40. The highest BCUT2D eigenvalue weighted by Gasteiger charge is 2.12. The van der Waals surface area contributed by atoms with E-state index in [1.54, 1.807) is 11.9 Å². The zero-order valence-corrected chi connectivity index (χ0v) is 12.7. The second-order valence-corrected chi connectivity index (χ2v) is 4.20. The first kappa shape index (κ1) is 18.4. The summed E-state index contributed by atoms with van der Waals surface area (Å²) in [6.45, 7) is 3.38. The molecule has 0 aliphatic carbocycles. The number of hydrogen-bond donors (Lipinski definition) is 2. The van der Waals surface area contributed by atoms with Crippen LogP contribution in [0.4, 0.5) is 0 Å². The number of rotatable bonds is 7. The summed E-state index contributed by atoms with van der Waals surface area (Å²) < 4.78 is 0. The highest BCUT2D eigenvalue weighted by atomic mass is 35.5. The first-order valence-electron chi connectivity index (χ1n) is 6.40. The third-order valence-electron chi connectivity index (χ3n) is 2.72. The lowest BCUT2D eigenvalue weighted by molar-refractivity contribution is -0.133. The van der Waals surface area contributed by atoms with Gasteiger partial charge in [0, 0.05) is 13.1 Å². The average molecular weight is 300 g/mol. The Bertz CT molecular complexity index is 412. The number of nitrogens with one attached hydrogen (secondary N) is 2. The number of amides is 2. The van der Waals surface area contributed by atoms with Crippen LogP contribution in [0.3, 0.4) is 0 Å². The van der Waals surface area contributed by atoms with Crippen LogP contribution in [0.15, 0.2) is 30.3 Å². The van der Waals surface area contributed by atoms with Gasteiger partial charge in [0.25, 0.3) is 0 Å². The van der Waals surface area contributed by atoms with Crippen LogP contribution in [0.5, 0.6) is 0 Å². The van der Waals surface area contributed by atoms with Gasteiger partial charge in [0.05, 0.1) is 13.1 Å². The van der Waals surface area contributed by atoms with Crippen molar-refractivity contribution in [3.8, 4) is 0 Å². The molecule has 20 heavy (non-hydrogen) atoms. The summed E-state index contributed by atoms with van der Waals surface area (Å²) in [6, 6.07) is 9.80. The molecule has 0 aromatic heterocycles. The third-order valence-corrected chi connectivity index (χ3v) is 2.72. The van der Waals surface area contributed by atoms with Crippen LogP contribution in [0.1, 0.15) is 12.5 Å². The van der Waals surface area contributed by atoms with Crippen LogP contribution in [0, 0.1) is 0 Å². The minimum Gasteiger partial charge on any atom is -0.346 e. The number of nitrogens with zero attached hydrogens (tertiary/aromatic N) is 1. The Morgan fingerprint density at radius 2 is 1.80 bits per heavy atom. The van der Waals surface area contributed by atoms with Crippen molar-refractivity contribution >= 4 is 24.2 Å². The average Bonchev–Trinajstić information content (AvgIpc) is 2.43. The molecule has 0 heterocycles. The molecular formula is C14H22ClN3O2. The third kappa shape index (κ3) is 6.54. The number of benzene rings is 1. The minimum atomic E-state index is -0.174. The number of carbonyl (C=O) groups excluding carboxylic acids is 2. The van der Waals surface area contributed by atoms with Gasteiger partial charge in [-0.05, 0) is 19.5 Å². The molecule has 0 bridgehead atoms. The van der Waals surface area contributed by atoms with Crippen molar-refractivity contribution in [3.05, 3.63) is 35.9 Å². The van der Waals surface area contributed by atoms with Crippen molar-refractivity contribution in [2.45, 2.75) is 13.5 Å². The Labute approximate surface area is 126 Å². The van der Waals surface area contributed by atoms with E-state index in [4.69, 9.17) is 0 Å². The molecule has 5 nitrogen and oxygen atoms in total. The van der Waals surface area contributed by atoms with Gasteiger partial charge in [-0.2, -0.15) is 0 Å². The standard InChI is InChI=1S/C14H21N3O2.ClH/c1-3-17(11-12-7-5-4-6-8-12)14(19)10-16-13(18)9-15-2;/h4-8,15H,3,9-11H2,1-2H3,(H,16,18);1H. The predicted molar refractivity (Wildman–Crippen MR) is 81.7 cm³/mol. The SMILES string of the molecule is CCN(Cc1ccccc1)C(=O)CNC(=O)CNC.Cl. The second-order valence-electron chi connectivity index (χ2n) is 4.20. The molecule has 0 aliphatic heterocycles. The molecule has 0 saturated heterocycles. The molecule has 0 atom stereocenters. The fraction of sp³-hybridized carbons (Fsp3) is 0.429. The number of hydrogen-bond acceptors (Lipinski definition) is 3. The van der Waals surface area contributed by atoms with Gasteiger partial charge < -0.3 is 15.5 Å². The summed E-state index contributed by atoms with van der Waals surface area (Å²) in [6.07, 6.45) is 0. The zero-order chi connectivity index (χ0) is 14.1. The zero-order valence-electron chi connectivity index (χ0n) is 11.9. The van der Waals surface area contributed by atoms with Gasteiger partial charge in [0.15, 0.2) is 0 Å². The molecule has 2 N–H and O–H groups in total. The van der Waals surface area contributed by atoms with E-state index in [9.17, 15) is 9.59 Å². The summed E-state index contributed by atoms with van der Waals surface area (Å²) in [5, 5.41) is 5.33. The van der Waals surface area contributed by atoms with E-state index in [0.717, 1.165) is 5.56 Å². The molecule has 6 heteroatoms. The highest BCUT2D eigenvalue weighted by Crippen LogP contribution is 2.04. The minimum absolute atomic E-state index is 0. The smallest absolute Gasteiger partial charge is 0.242 e. The summed E-state index contributed by atoms with van der Waals surface area (Å²) in [5.74, 6) is -0.248. The Balaban J connectivity index is 0.00000361. The van der Waals surface area contributed by atoms with E-state index in [0.29, 0.717) is 13.1 Å². The maximum atomic E-state index is 12.0. The second kappa shape index (κ2) is 10.2. The van der Waals surface area contributed by atoms with Crippen molar-refractivity contribution < 1.29 is 9.59 Å². The van der Waals surface area contributed by atoms with Gasteiger partial charge >= 0.3 is 0 Å². The van der Waals surface area contributed by atoms with Crippen LogP contribution in [-0.4, -0.2) is 43.4 Å². The molecule has 0 radical (unpaired) electrons. The molecule has 0 aliphatic rings. The molecule has 0 fully saturated rings. The quantitative estimate of drug-likeness (QED) is 0.783. The van der Waals surface area contributed by atoms with E-state index in [1.807, 2.05) is 37.3 Å². The summed E-state index contributed by atoms with van der Waals surface area (Å²) >= 11 is 0. The van der Waals surface area contributed by atoms with E-state index in [1.165, 1.54) is 0 Å². The summed E-state index contributed by atoms with van der Waals surface area (Å²) in [7, 11) is 1.69. The van der Waals surface area contributed by atoms with Gasteiger partial charge in [-0.25, -0.2) is 0 Å². The Morgan fingerprint density at radius 3 is 2.35 bits per heavy atom. The van der Waals surface area contributed by atoms with Gasteiger partial charge in [-0.15, -0.1) is 12.4 Å². The molecule has 1 rings (SSSR count). The first-order chi connectivity index (χ1) is 9.17. The lowest BCUT2D eigenvalue weighted by atomic mass is 10.2. The lowest BCUT2D eigenvalue weighted by Gasteiger charge is -2.21. The van der Waals surface area contributed by atoms with Gasteiger partial charge in [0.1, 0.15) is 0 Å². The van der Waals surface area contributed by atoms with Crippen molar-refractivity contribution in [2.75, 3.05) is 26.7 Å². The number of carbonyl (C=O) groups is 2. The highest BCUT2D eigenvalue weighted by molar-refractivity contribution is 5.85. The number of halogens is 1. The molecule has 2 amide bonds. The topological polar surface area (TPSA) is 61.4 Å². The largest absolute Gasteiger partial charge is 0.346 e. The molecule has 1 aromatic carbocycles. The van der Waals surface area contributed by atoms with E-state index in [2.05, 4.69) is 10.6 Å². The molecule has 0 unspecified atom stereocenters.